The first-order chi connectivity index (χ1) is 12.0. The highest BCUT2D eigenvalue weighted by Crippen LogP contribution is 2.32. The van der Waals surface area contributed by atoms with E-state index in [9.17, 15) is 12.8 Å². The normalized spacial score (nSPS) is 11.6. The van der Waals surface area contributed by atoms with Gasteiger partial charge in [0.15, 0.2) is 0 Å². The molecule has 0 aliphatic heterocycles. The molecule has 6 nitrogen and oxygen atoms in total. The third-order valence-electron chi connectivity index (χ3n) is 3.90. The molecule has 0 spiro atoms. The van der Waals surface area contributed by atoms with Gasteiger partial charge in [-0.3, -0.25) is 4.98 Å². The molecule has 0 aliphatic rings. The van der Waals surface area contributed by atoms with Gasteiger partial charge in [-0.15, -0.1) is 0 Å². The molecule has 0 saturated carbocycles. The SMILES string of the molecule is CNCc1cn(S(=O)(=O)c2cccnc2)c(-c2cccnc2F)c1C. The molecule has 0 aliphatic carbocycles. The first-order valence-corrected chi connectivity index (χ1v) is 9.02. The summed E-state index contributed by atoms with van der Waals surface area (Å²) in [5, 5.41) is 2.99. The molecule has 0 bridgehead atoms. The molecule has 3 heterocycles. The van der Waals surface area contributed by atoms with Gasteiger partial charge in [-0.2, -0.15) is 4.39 Å². The van der Waals surface area contributed by atoms with Gasteiger partial charge in [0.1, 0.15) is 4.90 Å². The predicted octanol–water partition coefficient (Wildman–Crippen LogP) is 2.35. The lowest BCUT2D eigenvalue weighted by molar-refractivity contribution is 0.582. The van der Waals surface area contributed by atoms with Crippen LogP contribution in [-0.2, 0) is 16.6 Å². The Kier molecular flexibility index (Phi) is 4.65. The number of pyridine rings is 2. The van der Waals surface area contributed by atoms with Crippen LogP contribution in [0.4, 0.5) is 4.39 Å². The molecule has 0 unspecified atom stereocenters. The van der Waals surface area contributed by atoms with Crippen molar-refractivity contribution in [2.24, 2.45) is 0 Å². The highest BCUT2D eigenvalue weighted by atomic mass is 32.2. The highest BCUT2D eigenvalue weighted by molar-refractivity contribution is 7.90. The van der Waals surface area contributed by atoms with Crippen molar-refractivity contribution in [1.29, 1.82) is 0 Å². The van der Waals surface area contributed by atoms with Crippen molar-refractivity contribution < 1.29 is 12.8 Å². The highest BCUT2D eigenvalue weighted by Gasteiger charge is 2.26. The lowest BCUT2D eigenvalue weighted by Gasteiger charge is -2.11. The maximum atomic E-state index is 14.3. The molecule has 25 heavy (non-hydrogen) atoms. The lowest BCUT2D eigenvalue weighted by atomic mass is 10.1. The molecular formula is C17H17FN4O2S. The molecule has 3 rings (SSSR count). The quantitative estimate of drug-likeness (QED) is 0.707. The second-order valence-corrected chi connectivity index (χ2v) is 7.30. The Bertz CT molecular complexity index is 1000. The van der Waals surface area contributed by atoms with Crippen molar-refractivity contribution in [1.82, 2.24) is 19.3 Å². The van der Waals surface area contributed by atoms with Crippen molar-refractivity contribution in [3.8, 4) is 11.3 Å². The summed E-state index contributed by atoms with van der Waals surface area (Å²) in [6.07, 6.45) is 5.60. The Balaban J connectivity index is 2.30. The minimum atomic E-state index is -3.92. The number of aromatic nitrogens is 3. The van der Waals surface area contributed by atoms with Crippen molar-refractivity contribution in [2.75, 3.05) is 7.05 Å². The Labute approximate surface area is 145 Å². The minimum absolute atomic E-state index is 0.0338. The van der Waals surface area contributed by atoms with Gasteiger partial charge in [0.2, 0.25) is 5.95 Å². The molecule has 0 atom stereocenters. The standard InChI is InChI=1S/C17H17FN4O2S/c1-12-13(9-19-2)11-22(16(12)15-6-4-8-21-17(15)18)25(23,24)14-5-3-7-20-10-14/h3-8,10-11,19H,9H2,1-2H3. The molecule has 0 fully saturated rings. The van der Waals surface area contributed by atoms with E-state index in [1.54, 1.807) is 26.1 Å². The Morgan fingerprint density at radius 1 is 1.24 bits per heavy atom. The Hall–Kier alpha value is -2.58. The van der Waals surface area contributed by atoms with Crippen LogP contribution in [0, 0.1) is 12.9 Å². The van der Waals surface area contributed by atoms with Crippen molar-refractivity contribution in [3.05, 3.63) is 66.1 Å². The fourth-order valence-corrected chi connectivity index (χ4v) is 4.09. The summed E-state index contributed by atoms with van der Waals surface area (Å²) in [7, 11) is -2.16. The van der Waals surface area contributed by atoms with E-state index in [4.69, 9.17) is 0 Å². The smallest absolute Gasteiger partial charge is 0.269 e. The van der Waals surface area contributed by atoms with Crippen LogP contribution in [0.3, 0.4) is 0 Å². The van der Waals surface area contributed by atoms with Gasteiger partial charge in [0, 0.05) is 31.3 Å². The van der Waals surface area contributed by atoms with Crippen molar-refractivity contribution >= 4 is 10.0 Å². The van der Waals surface area contributed by atoms with Gasteiger partial charge in [0.25, 0.3) is 10.0 Å². The van der Waals surface area contributed by atoms with E-state index in [-0.39, 0.29) is 16.2 Å². The fraction of sp³-hybridized carbons (Fsp3) is 0.176. The fourth-order valence-electron chi connectivity index (χ4n) is 2.68. The summed E-state index contributed by atoms with van der Waals surface area (Å²) >= 11 is 0. The van der Waals surface area contributed by atoms with E-state index in [1.807, 2.05) is 0 Å². The molecule has 8 heteroatoms. The third-order valence-corrected chi connectivity index (χ3v) is 5.55. The lowest BCUT2D eigenvalue weighted by Crippen LogP contribution is -2.14. The van der Waals surface area contributed by atoms with Crippen LogP contribution in [0.2, 0.25) is 0 Å². The Morgan fingerprint density at radius 2 is 2.00 bits per heavy atom. The van der Waals surface area contributed by atoms with Crippen LogP contribution >= 0.6 is 0 Å². The summed E-state index contributed by atoms with van der Waals surface area (Å²) in [5.74, 6) is -0.720. The molecule has 0 radical (unpaired) electrons. The molecule has 0 saturated heterocycles. The van der Waals surface area contributed by atoms with Gasteiger partial charge in [-0.25, -0.2) is 17.4 Å². The van der Waals surface area contributed by atoms with Crippen LogP contribution in [0.25, 0.3) is 11.3 Å². The number of rotatable bonds is 5. The van der Waals surface area contributed by atoms with Crippen LogP contribution in [0.15, 0.2) is 53.9 Å². The summed E-state index contributed by atoms with van der Waals surface area (Å²) in [5.41, 5.74) is 1.83. The molecule has 3 aromatic rings. The summed E-state index contributed by atoms with van der Waals surface area (Å²) in [4.78, 5) is 7.55. The van der Waals surface area contributed by atoms with Gasteiger partial charge in [-0.05, 0) is 49.4 Å². The summed E-state index contributed by atoms with van der Waals surface area (Å²) in [6, 6.07) is 6.09. The number of hydrogen-bond acceptors (Lipinski definition) is 5. The second-order valence-electron chi connectivity index (χ2n) is 5.49. The number of nitrogens with one attached hydrogen (secondary N) is 1. The van der Waals surface area contributed by atoms with Crippen molar-refractivity contribution in [2.45, 2.75) is 18.4 Å². The Morgan fingerprint density at radius 3 is 2.64 bits per heavy atom. The average molecular weight is 360 g/mol. The number of halogens is 1. The molecular weight excluding hydrogens is 343 g/mol. The third kappa shape index (κ3) is 3.06. The predicted molar refractivity (Wildman–Crippen MR) is 91.9 cm³/mol. The zero-order valence-electron chi connectivity index (χ0n) is 13.8. The first kappa shape index (κ1) is 17.2. The van der Waals surface area contributed by atoms with Crippen molar-refractivity contribution in [3.63, 3.8) is 0 Å². The summed E-state index contributed by atoms with van der Waals surface area (Å²) < 4.78 is 41.5. The second kappa shape index (κ2) is 6.73. The molecule has 3 aromatic heterocycles. The minimum Gasteiger partial charge on any atom is -0.316 e. The number of hydrogen-bond donors (Lipinski definition) is 1. The zero-order chi connectivity index (χ0) is 18.0. The van der Waals surface area contributed by atoms with Gasteiger partial charge < -0.3 is 5.32 Å². The summed E-state index contributed by atoms with van der Waals surface area (Å²) in [6.45, 7) is 2.22. The van der Waals surface area contributed by atoms with Crippen LogP contribution in [0.1, 0.15) is 11.1 Å². The van der Waals surface area contributed by atoms with Gasteiger partial charge in [0.05, 0.1) is 11.3 Å². The zero-order valence-corrected chi connectivity index (χ0v) is 14.6. The van der Waals surface area contributed by atoms with E-state index in [0.717, 1.165) is 9.54 Å². The van der Waals surface area contributed by atoms with Crippen LogP contribution in [0.5, 0.6) is 0 Å². The molecule has 0 amide bonds. The van der Waals surface area contributed by atoms with E-state index in [1.165, 1.54) is 36.9 Å². The van der Waals surface area contributed by atoms with Crippen LogP contribution in [-0.4, -0.2) is 29.4 Å². The maximum Gasteiger partial charge on any atom is 0.269 e. The van der Waals surface area contributed by atoms with Crippen LogP contribution < -0.4 is 5.32 Å². The monoisotopic (exact) mass is 360 g/mol. The molecule has 1 N–H and O–H groups in total. The van der Waals surface area contributed by atoms with E-state index >= 15 is 0 Å². The molecule has 0 aromatic carbocycles. The number of nitrogens with zero attached hydrogens (tertiary/aromatic N) is 3. The average Bonchev–Trinajstić information content (AvgIpc) is 2.94. The topological polar surface area (TPSA) is 76.9 Å². The van der Waals surface area contributed by atoms with E-state index < -0.39 is 16.0 Å². The van der Waals surface area contributed by atoms with E-state index in [0.29, 0.717) is 12.1 Å². The van der Waals surface area contributed by atoms with Gasteiger partial charge >= 0.3 is 0 Å². The maximum absolute atomic E-state index is 14.3. The van der Waals surface area contributed by atoms with Gasteiger partial charge in [-0.1, -0.05) is 0 Å². The molecule has 130 valence electrons. The first-order valence-electron chi connectivity index (χ1n) is 7.58. The van der Waals surface area contributed by atoms with E-state index in [2.05, 4.69) is 15.3 Å². The largest absolute Gasteiger partial charge is 0.316 e.